The van der Waals surface area contributed by atoms with Gasteiger partial charge in [-0.1, -0.05) is 68.4 Å². The zero-order chi connectivity index (χ0) is 25.0. The minimum absolute atomic E-state index is 0.0969. The summed E-state index contributed by atoms with van der Waals surface area (Å²) in [4.78, 5) is 26.2. The molecule has 1 heterocycles. The van der Waals surface area contributed by atoms with Gasteiger partial charge in [0.05, 0.1) is 6.42 Å². The number of ether oxygens (including phenoxy) is 1. The number of carbonyl (C=O) groups excluding carboxylic acids is 1. The average Bonchev–Trinajstić information content (AvgIpc) is 3.17. The maximum Gasteiger partial charge on any atom is 0.305 e. The molecule has 0 fully saturated rings. The molecule has 1 aliphatic rings. The summed E-state index contributed by atoms with van der Waals surface area (Å²) in [5.41, 5.74) is 4.70. The zero-order valence-electron chi connectivity index (χ0n) is 20.7. The lowest BCUT2D eigenvalue weighted by Crippen LogP contribution is -2.33. The molecule has 1 N–H and O–H groups in total. The number of carboxylic acid groups (broad SMARTS) is 1. The number of fused-ring (bicyclic) bond motifs is 1. The number of carboxylic acids is 1. The maximum absolute atomic E-state index is 13.4. The van der Waals surface area contributed by atoms with Crippen LogP contribution in [-0.2, 0) is 24.2 Å². The van der Waals surface area contributed by atoms with Gasteiger partial charge in [-0.15, -0.1) is 0 Å². The van der Waals surface area contributed by atoms with Crippen LogP contribution < -0.4 is 4.74 Å². The first kappa shape index (κ1) is 24.5. The number of aliphatic carboxylic acids is 1. The van der Waals surface area contributed by atoms with Crippen molar-refractivity contribution in [3.8, 4) is 5.75 Å². The van der Waals surface area contributed by atoms with E-state index < -0.39 is 5.97 Å². The molecule has 1 amide bonds. The molecule has 5 heteroatoms. The summed E-state index contributed by atoms with van der Waals surface area (Å²) in [6, 6.07) is 23.9. The van der Waals surface area contributed by atoms with Crippen molar-refractivity contribution in [2.75, 3.05) is 6.54 Å². The molecule has 5 nitrogen and oxygen atoms in total. The normalized spacial score (nSPS) is 16.6. The predicted molar refractivity (Wildman–Crippen MR) is 137 cm³/mol. The standard InChI is InChI=1S/C30H33NO4/c1-21(2)24-11-9-22(10-12-24)18-30(3)19-26-17-25(13-14-27(26)35-30)29(34)31(16-15-28(32)33)20-23-7-5-4-6-8-23/h4-14,17,21H,15-16,18-20H2,1-3H3,(H,32,33)/t30-/m0/s1. The van der Waals surface area contributed by atoms with Crippen LogP contribution in [0.5, 0.6) is 5.75 Å². The van der Waals surface area contributed by atoms with Crippen molar-refractivity contribution >= 4 is 11.9 Å². The number of benzene rings is 3. The SMILES string of the molecule is CC(C)c1ccc(C[C@@]2(C)Cc3cc(C(=O)N(CCC(=O)O)Cc4ccccc4)ccc3O2)cc1. The van der Waals surface area contributed by atoms with Gasteiger partial charge in [-0.2, -0.15) is 0 Å². The third kappa shape index (κ3) is 6.10. The Morgan fingerprint density at radius 2 is 1.71 bits per heavy atom. The fraction of sp³-hybridized carbons (Fsp3) is 0.333. The Labute approximate surface area is 207 Å². The summed E-state index contributed by atoms with van der Waals surface area (Å²) in [7, 11) is 0. The quantitative estimate of drug-likeness (QED) is 0.424. The molecule has 35 heavy (non-hydrogen) atoms. The molecule has 0 aliphatic carbocycles. The van der Waals surface area contributed by atoms with Gasteiger partial charge in [-0.05, 0) is 53.3 Å². The molecule has 0 bridgehead atoms. The van der Waals surface area contributed by atoms with E-state index in [1.807, 2.05) is 42.5 Å². The first-order valence-electron chi connectivity index (χ1n) is 12.2. The molecule has 0 spiro atoms. The number of carbonyl (C=O) groups is 2. The molecule has 182 valence electrons. The fourth-order valence-electron chi connectivity index (χ4n) is 4.67. The maximum atomic E-state index is 13.4. The van der Waals surface area contributed by atoms with E-state index >= 15 is 0 Å². The molecule has 3 aromatic carbocycles. The van der Waals surface area contributed by atoms with E-state index in [0.29, 0.717) is 24.4 Å². The highest BCUT2D eigenvalue weighted by Crippen LogP contribution is 2.38. The molecule has 0 aromatic heterocycles. The summed E-state index contributed by atoms with van der Waals surface area (Å²) in [5, 5.41) is 9.17. The highest BCUT2D eigenvalue weighted by molar-refractivity contribution is 5.95. The van der Waals surface area contributed by atoms with E-state index in [9.17, 15) is 14.7 Å². The van der Waals surface area contributed by atoms with Crippen molar-refractivity contribution in [1.29, 1.82) is 0 Å². The molecular weight excluding hydrogens is 438 g/mol. The van der Waals surface area contributed by atoms with Crippen LogP contribution in [0.15, 0.2) is 72.8 Å². The first-order chi connectivity index (χ1) is 16.7. The molecule has 0 unspecified atom stereocenters. The number of nitrogens with zero attached hydrogens (tertiary/aromatic N) is 1. The molecule has 0 radical (unpaired) electrons. The van der Waals surface area contributed by atoms with Gasteiger partial charge in [0.1, 0.15) is 11.4 Å². The second-order valence-electron chi connectivity index (χ2n) is 9.98. The van der Waals surface area contributed by atoms with E-state index in [1.54, 1.807) is 11.0 Å². The molecule has 0 saturated heterocycles. The Bertz CT molecular complexity index is 1190. The van der Waals surface area contributed by atoms with E-state index in [0.717, 1.165) is 23.3 Å². The van der Waals surface area contributed by atoms with Crippen LogP contribution in [-0.4, -0.2) is 34.0 Å². The first-order valence-corrected chi connectivity index (χ1v) is 12.2. The van der Waals surface area contributed by atoms with Crippen molar-refractivity contribution in [3.63, 3.8) is 0 Å². The van der Waals surface area contributed by atoms with Crippen molar-refractivity contribution in [1.82, 2.24) is 4.90 Å². The van der Waals surface area contributed by atoms with Gasteiger partial charge < -0.3 is 14.7 Å². The van der Waals surface area contributed by atoms with Crippen LogP contribution in [0.3, 0.4) is 0 Å². The highest BCUT2D eigenvalue weighted by atomic mass is 16.5. The zero-order valence-corrected chi connectivity index (χ0v) is 20.7. The number of hydrogen-bond donors (Lipinski definition) is 1. The van der Waals surface area contributed by atoms with Crippen LogP contribution in [0.4, 0.5) is 0 Å². The monoisotopic (exact) mass is 471 g/mol. The van der Waals surface area contributed by atoms with Gasteiger partial charge in [0.15, 0.2) is 0 Å². The number of hydrogen-bond acceptors (Lipinski definition) is 3. The van der Waals surface area contributed by atoms with Crippen molar-refractivity contribution in [3.05, 3.63) is 101 Å². The van der Waals surface area contributed by atoms with Gasteiger partial charge in [-0.3, -0.25) is 9.59 Å². The fourth-order valence-corrected chi connectivity index (χ4v) is 4.67. The molecule has 1 atom stereocenters. The molecule has 1 aliphatic heterocycles. The summed E-state index contributed by atoms with van der Waals surface area (Å²) in [6.07, 6.45) is 1.39. The number of amides is 1. The third-order valence-corrected chi connectivity index (χ3v) is 6.55. The molecule has 3 aromatic rings. The minimum atomic E-state index is -0.921. The van der Waals surface area contributed by atoms with Gasteiger partial charge >= 0.3 is 5.97 Å². The smallest absolute Gasteiger partial charge is 0.305 e. The van der Waals surface area contributed by atoms with E-state index in [-0.39, 0.29) is 24.5 Å². The van der Waals surface area contributed by atoms with Crippen LogP contribution in [0.2, 0.25) is 0 Å². The second kappa shape index (κ2) is 10.3. The molecule has 0 saturated carbocycles. The van der Waals surface area contributed by atoms with Gasteiger partial charge in [0.25, 0.3) is 5.91 Å². The van der Waals surface area contributed by atoms with Crippen LogP contribution in [0, 0.1) is 0 Å². The van der Waals surface area contributed by atoms with Crippen molar-refractivity contribution in [2.24, 2.45) is 0 Å². The summed E-state index contributed by atoms with van der Waals surface area (Å²) >= 11 is 0. The van der Waals surface area contributed by atoms with Crippen LogP contribution in [0.1, 0.15) is 65.7 Å². The Balaban J connectivity index is 1.49. The van der Waals surface area contributed by atoms with Crippen LogP contribution in [0.25, 0.3) is 0 Å². The van der Waals surface area contributed by atoms with Gasteiger partial charge in [-0.25, -0.2) is 0 Å². The molecular formula is C30H33NO4. The predicted octanol–water partition coefficient (Wildman–Crippen LogP) is 5.86. The van der Waals surface area contributed by atoms with Gasteiger partial charge in [0, 0.05) is 31.5 Å². The Hall–Kier alpha value is -3.60. The lowest BCUT2D eigenvalue weighted by atomic mass is 9.90. The van der Waals surface area contributed by atoms with Crippen LogP contribution >= 0.6 is 0 Å². The third-order valence-electron chi connectivity index (χ3n) is 6.55. The number of rotatable bonds is 9. The Morgan fingerprint density at radius 3 is 2.37 bits per heavy atom. The summed E-state index contributed by atoms with van der Waals surface area (Å²) < 4.78 is 6.34. The summed E-state index contributed by atoms with van der Waals surface area (Å²) in [6.45, 7) is 7.01. The Morgan fingerprint density at radius 1 is 1.00 bits per heavy atom. The second-order valence-corrected chi connectivity index (χ2v) is 9.98. The highest BCUT2D eigenvalue weighted by Gasteiger charge is 2.35. The molecule has 4 rings (SSSR count). The lowest BCUT2D eigenvalue weighted by Gasteiger charge is -2.24. The van der Waals surface area contributed by atoms with E-state index in [4.69, 9.17) is 4.74 Å². The largest absolute Gasteiger partial charge is 0.487 e. The van der Waals surface area contributed by atoms with Crippen molar-refractivity contribution < 1.29 is 19.4 Å². The van der Waals surface area contributed by atoms with Crippen molar-refractivity contribution in [2.45, 2.75) is 58.1 Å². The average molecular weight is 472 g/mol. The topological polar surface area (TPSA) is 66.8 Å². The summed E-state index contributed by atoms with van der Waals surface area (Å²) in [5.74, 6) is 0.216. The van der Waals surface area contributed by atoms with Gasteiger partial charge in [0.2, 0.25) is 0 Å². The minimum Gasteiger partial charge on any atom is -0.487 e. The van der Waals surface area contributed by atoms with E-state index in [1.165, 1.54) is 11.1 Å². The lowest BCUT2D eigenvalue weighted by molar-refractivity contribution is -0.137. The Kier molecular flexibility index (Phi) is 7.25. The van der Waals surface area contributed by atoms with E-state index in [2.05, 4.69) is 45.0 Å².